The lowest BCUT2D eigenvalue weighted by atomic mass is 9.68. The van der Waals surface area contributed by atoms with Crippen molar-refractivity contribution in [2.45, 2.75) is 138 Å². The molecule has 2 fully saturated rings. The molecule has 4 aromatic carbocycles. The monoisotopic (exact) mass is 1230 g/mol. The van der Waals surface area contributed by atoms with E-state index >= 15 is 0 Å². The zero-order valence-electron chi connectivity index (χ0n) is 48.4. The molecule has 6 aliphatic rings. The lowest BCUT2D eigenvalue weighted by Crippen LogP contribution is -2.49. The average Bonchev–Trinajstić information content (AvgIpc) is 2.39. The number of nitrogens with zero attached hydrogens (tertiary/aromatic N) is 2. The molecule has 8 N–H and O–H groups in total. The molecule has 2 heterocycles. The van der Waals surface area contributed by atoms with Crippen LogP contribution in [0.2, 0.25) is 10.0 Å². The molecule has 0 aromatic heterocycles. The van der Waals surface area contributed by atoms with Gasteiger partial charge in [-0.2, -0.15) is 0 Å². The number of anilines is 2. The first kappa shape index (κ1) is 63.3. The van der Waals surface area contributed by atoms with Crippen molar-refractivity contribution in [3.8, 4) is 11.5 Å². The van der Waals surface area contributed by atoms with Crippen molar-refractivity contribution in [2.75, 3.05) is 49.2 Å². The normalized spacial score (nSPS) is 26.0. The summed E-state index contributed by atoms with van der Waals surface area (Å²) in [7, 11) is -7.22. The second-order valence-electron chi connectivity index (χ2n) is 25.0. The van der Waals surface area contributed by atoms with Crippen molar-refractivity contribution >= 4 is 66.6 Å². The molecular formula is C64H82Cl2N4O12S2. The highest BCUT2D eigenvalue weighted by Gasteiger charge is 2.46. The maximum atomic E-state index is 11.9. The van der Waals surface area contributed by atoms with Gasteiger partial charge in [-0.15, -0.1) is 0 Å². The number of benzene rings is 4. The summed E-state index contributed by atoms with van der Waals surface area (Å²) in [6, 6.07) is 22.3. The van der Waals surface area contributed by atoms with Crippen LogP contribution in [0.5, 0.6) is 11.5 Å². The minimum Gasteiger partial charge on any atom is -0.490 e. The van der Waals surface area contributed by atoms with E-state index < -0.39 is 54.7 Å². The average molecular weight is 1230 g/mol. The Labute approximate surface area is 505 Å². The summed E-state index contributed by atoms with van der Waals surface area (Å²) in [4.78, 5) is 28.3. The molecule has 0 radical (unpaired) electrons. The molecule has 20 heteroatoms. The lowest BCUT2D eigenvalue weighted by molar-refractivity contribution is 0.0454. The van der Waals surface area contributed by atoms with Crippen molar-refractivity contribution in [1.29, 1.82) is 0 Å². The summed E-state index contributed by atoms with van der Waals surface area (Å²) < 4.78 is 59.6. The van der Waals surface area contributed by atoms with Crippen LogP contribution in [0.4, 0.5) is 11.4 Å². The van der Waals surface area contributed by atoms with Crippen molar-refractivity contribution < 1.29 is 56.3 Å². The Morgan fingerprint density at radius 2 is 1.01 bits per heavy atom. The molecule has 16 nitrogen and oxygen atoms in total. The molecule has 12 atom stereocenters. The molecule has 84 heavy (non-hydrogen) atoms. The van der Waals surface area contributed by atoms with Crippen LogP contribution >= 0.6 is 23.2 Å². The smallest absolute Gasteiger partial charge is 0.335 e. The number of carboxylic acid groups (broad SMARTS) is 2. The number of primary sulfonamides is 2. The van der Waals surface area contributed by atoms with Gasteiger partial charge in [-0.05, 0) is 209 Å². The number of carboxylic acids is 2. The molecule has 0 amide bonds. The van der Waals surface area contributed by atoms with Crippen LogP contribution in [0.25, 0.3) is 0 Å². The summed E-state index contributed by atoms with van der Waals surface area (Å²) in [5, 5.41) is 52.4. The molecular weight excluding hydrogens is 1150 g/mol. The predicted octanol–water partition coefficient (Wildman–Crippen LogP) is 10.3. The van der Waals surface area contributed by atoms with Gasteiger partial charge in [0.25, 0.3) is 0 Å². The largest absolute Gasteiger partial charge is 0.490 e. The number of halogens is 2. The SMILES string of the molecule is C[C@H](C/C=C/[C@H](O)[C@@H]1CC[C@H]1CN1C[C@@]2(CCCc3cc(Cl)ccc32)COc2ccc(C(=O)O)cc21)[C@@H](C)S(N)(=O)=O.C[C@H](C/C=C/[C@H](O)[C@@H]1CC[C@H]1CN1C[C@@]2(CCCc3cc(Cl)ccc32)COc2ccc(C(=O)O)cc21)[C@H](C)S(N)(=O)=O. The van der Waals surface area contributed by atoms with Crippen LogP contribution < -0.4 is 29.6 Å². The van der Waals surface area contributed by atoms with E-state index in [0.29, 0.717) is 63.7 Å². The van der Waals surface area contributed by atoms with Crippen LogP contribution in [-0.2, 0) is 43.7 Å². The van der Waals surface area contributed by atoms with E-state index in [4.69, 9.17) is 43.0 Å². The van der Waals surface area contributed by atoms with Gasteiger partial charge in [0.15, 0.2) is 0 Å². The fraction of sp³-hybridized carbons (Fsp3) is 0.531. The first-order chi connectivity index (χ1) is 39.8. The zero-order valence-corrected chi connectivity index (χ0v) is 51.6. The van der Waals surface area contributed by atoms with Gasteiger partial charge < -0.3 is 39.7 Å². The Kier molecular flexibility index (Phi) is 19.6. The van der Waals surface area contributed by atoms with Crippen molar-refractivity contribution in [2.24, 2.45) is 45.8 Å². The molecule has 0 saturated heterocycles. The van der Waals surface area contributed by atoms with Gasteiger partial charge in [-0.1, -0.05) is 73.5 Å². The Hall–Kier alpha value is -5.18. The van der Waals surface area contributed by atoms with Gasteiger partial charge in [-0.3, -0.25) is 0 Å². The molecule has 2 aliphatic heterocycles. The number of nitrogens with two attached hydrogens (primary N) is 2. The third-order valence-electron chi connectivity index (χ3n) is 19.6. The number of hydrogen-bond acceptors (Lipinski definition) is 12. The van der Waals surface area contributed by atoms with Crippen molar-refractivity contribution in [3.63, 3.8) is 0 Å². The number of fused-ring (bicyclic) bond motifs is 6. The van der Waals surface area contributed by atoms with E-state index in [9.17, 15) is 46.9 Å². The minimum absolute atomic E-state index is 0.0518. The Morgan fingerprint density at radius 3 is 1.36 bits per heavy atom. The quantitative estimate of drug-likeness (QED) is 0.0507. The first-order valence-electron chi connectivity index (χ1n) is 29.6. The Bertz CT molecular complexity index is 3140. The third-order valence-corrected chi connectivity index (χ3v) is 23.1. The number of aliphatic hydroxyl groups excluding tert-OH is 2. The highest BCUT2D eigenvalue weighted by Crippen LogP contribution is 2.49. The second-order valence-corrected chi connectivity index (χ2v) is 29.8. The molecule has 456 valence electrons. The summed E-state index contributed by atoms with van der Waals surface area (Å²) in [6.07, 6.45) is 16.5. The van der Waals surface area contributed by atoms with Gasteiger partial charge in [0.05, 0.1) is 58.4 Å². The topological polar surface area (TPSA) is 260 Å². The highest BCUT2D eigenvalue weighted by atomic mass is 35.5. The van der Waals surface area contributed by atoms with Gasteiger partial charge in [0.1, 0.15) is 11.5 Å². The molecule has 4 aromatic rings. The maximum absolute atomic E-state index is 11.9. The van der Waals surface area contributed by atoms with Crippen LogP contribution in [0.1, 0.15) is 135 Å². The van der Waals surface area contributed by atoms with Crippen molar-refractivity contribution in [1.82, 2.24) is 0 Å². The number of hydrogen-bond donors (Lipinski definition) is 6. The predicted molar refractivity (Wildman–Crippen MR) is 330 cm³/mol. The van der Waals surface area contributed by atoms with Crippen LogP contribution in [0.15, 0.2) is 97.1 Å². The molecule has 0 unspecified atom stereocenters. The minimum atomic E-state index is -3.61. The number of ether oxygens (including phenoxy) is 2. The van der Waals surface area contributed by atoms with E-state index in [0.717, 1.165) is 85.6 Å². The van der Waals surface area contributed by atoms with Crippen LogP contribution in [0, 0.1) is 35.5 Å². The van der Waals surface area contributed by atoms with E-state index in [-0.39, 0.29) is 57.5 Å². The summed E-state index contributed by atoms with van der Waals surface area (Å²) in [5.74, 6) is -0.439. The first-order valence-corrected chi connectivity index (χ1v) is 33.5. The molecule has 4 aliphatic carbocycles. The number of aryl methyl sites for hydroxylation is 2. The third kappa shape index (κ3) is 14.1. The van der Waals surface area contributed by atoms with E-state index in [1.165, 1.54) is 22.3 Å². The van der Waals surface area contributed by atoms with Crippen LogP contribution in [-0.4, -0.2) is 111 Å². The molecule has 2 saturated carbocycles. The number of carbonyl (C=O) groups is 2. The van der Waals surface area contributed by atoms with Gasteiger partial charge in [-0.25, -0.2) is 36.7 Å². The molecule has 2 spiro atoms. The fourth-order valence-electron chi connectivity index (χ4n) is 13.8. The Morgan fingerprint density at radius 1 is 0.619 bits per heavy atom. The maximum Gasteiger partial charge on any atom is 0.335 e. The number of aliphatic hydroxyl groups is 2. The highest BCUT2D eigenvalue weighted by molar-refractivity contribution is 7.90. The van der Waals surface area contributed by atoms with Gasteiger partial charge >= 0.3 is 11.9 Å². The zero-order chi connectivity index (χ0) is 60.5. The summed E-state index contributed by atoms with van der Waals surface area (Å²) in [5.41, 5.74) is 6.39. The van der Waals surface area contributed by atoms with Gasteiger partial charge in [0, 0.05) is 47.1 Å². The summed E-state index contributed by atoms with van der Waals surface area (Å²) in [6.45, 7) is 10.6. The van der Waals surface area contributed by atoms with Crippen LogP contribution in [0.3, 0.4) is 0 Å². The standard InChI is InChI=1S/2C32H41ClN2O6S/c2*1-20(21(2)42(34,39)40)5-3-7-29(36)26-11-8-24(26)17-35-18-32(14-4-6-22-15-25(33)10-12-27(22)32)19-41-30-13-9-23(31(37)38)16-28(30)35/h2*3,7,9-10,12-13,15-16,20-21,24,26,29,36H,4-6,8,11,14,17-19H2,1-2H3,(H,37,38)(H2,34,39,40)/b2*7-3+/t20-,21+,24+,26-,29+,32+;20-,21-,24+,26-,29+,32+/m11/s1. The Balaban J connectivity index is 0.000000202. The molecule has 10 rings (SSSR count). The number of sulfonamides is 2. The van der Waals surface area contributed by atoms with Gasteiger partial charge in [0.2, 0.25) is 20.0 Å². The number of aromatic carboxylic acids is 2. The number of allylic oxidation sites excluding steroid dienone is 2. The lowest BCUT2D eigenvalue weighted by Gasteiger charge is -2.45. The molecule has 0 bridgehead atoms. The van der Waals surface area contributed by atoms with Crippen molar-refractivity contribution in [3.05, 3.63) is 141 Å². The van der Waals surface area contributed by atoms with E-state index in [1.54, 1.807) is 62.4 Å². The number of rotatable bonds is 18. The summed E-state index contributed by atoms with van der Waals surface area (Å²) >= 11 is 12.7. The second kappa shape index (κ2) is 26.0. The fourth-order valence-corrected chi connectivity index (χ4v) is 15.7. The van der Waals surface area contributed by atoms with E-state index in [2.05, 4.69) is 34.1 Å². The van der Waals surface area contributed by atoms with E-state index in [1.807, 2.05) is 38.1 Å².